The van der Waals surface area contributed by atoms with E-state index in [1.54, 1.807) is 11.1 Å². The van der Waals surface area contributed by atoms with E-state index in [2.05, 4.69) is 52.0 Å². The minimum Gasteiger partial charge on any atom is -0.0654 e. The molecular weight excluding hydrogens is 396 g/mol. The lowest BCUT2D eigenvalue weighted by atomic mass is 9.65. The lowest BCUT2D eigenvalue weighted by molar-refractivity contribution is 0.118. The van der Waals surface area contributed by atoms with Crippen LogP contribution < -0.4 is 0 Å². The fourth-order valence-electron chi connectivity index (χ4n) is 8.21. The summed E-state index contributed by atoms with van der Waals surface area (Å²) in [6.07, 6.45) is 21.9. The first-order chi connectivity index (χ1) is 16.1. The molecule has 0 bridgehead atoms. The summed E-state index contributed by atoms with van der Waals surface area (Å²) in [5.74, 6) is 7.49. The minimum atomic E-state index is 0.732. The molecule has 0 saturated heterocycles. The molecule has 3 fully saturated rings. The van der Waals surface area contributed by atoms with Gasteiger partial charge in [0.05, 0.1) is 0 Å². The van der Waals surface area contributed by atoms with Gasteiger partial charge in [0.15, 0.2) is 0 Å². The van der Waals surface area contributed by atoms with Crippen LogP contribution in [0.2, 0.25) is 0 Å². The normalized spacial score (nSPS) is 35.2. The first kappa shape index (κ1) is 25.3. The highest BCUT2D eigenvalue weighted by Crippen LogP contribution is 2.45. The molecule has 0 aromatic heterocycles. The van der Waals surface area contributed by atoms with Crippen LogP contribution in [0.4, 0.5) is 0 Å². The van der Waals surface area contributed by atoms with Gasteiger partial charge in [-0.1, -0.05) is 84.1 Å². The third-order valence-electron chi connectivity index (χ3n) is 11.0. The number of hydrogen-bond acceptors (Lipinski definition) is 0. The predicted molar refractivity (Wildman–Crippen MR) is 145 cm³/mol. The zero-order valence-electron chi connectivity index (χ0n) is 22.5. The topological polar surface area (TPSA) is 0 Å². The van der Waals surface area contributed by atoms with Crippen LogP contribution >= 0.6 is 0 Å². The Bertz CT molecular complexity index is 662. The summed E-state index contributed by atoms with van der Waals surface area (Å²) in [5.41, 5.74) is 3.22. The zero-order chi connectivity index (χ0) is 23.2. The Labute approximate surface area is 206 Å². The van der Waals surface area contributed by atoms with Gasteiger partial charge in [-0.3, -0.25) is 0 Å². The van der Waals surface area contributed by atoms with E-state index in [-0.39, 0.29) is 0 Å². The quantitative estimate of drug-likeness (QED) is 0.369. The summed E-state index contributed by atoms with van der Waals surface area (Å²) in [7, 11) is 0. The highest BCUT2D eigenvalue weighted by molar-refractivity contribution is 5.28. The summed E-state index contributed by atoms with van der Waals surface area (Å²) in [6, 6.07) is 9.97. The van der Waals surface area contributed by atoms with Crippen molar-refractivity contribution in [2.75, 3.05) is 0 Å². The summed E-state index contributed by atoms with van der Waals surface area (Å²) < 4.78 is 0. The second-order valence-electron chi connectivity index (χ2n) is 12.7. The molecule has 0 heteroatoms. The van der Waals surface area contributed by atoms with Gasteiger partial charge in [-0.2, -0.15) is 0 Å². The van der Waals surface area contributed by atoms with Crippen LogP contribution in [0.3, 0.4) is 0 Å². The van der Waals surface area contributed by atoms with Crippen molar-refractivity contribution in [2.45, 2.75) is 136 Å². The fourth-order valence-corrected chi connectivity index (χ4v) is 8.21. The van der Waals surface area contributed by atoms with Crippen LogP contribution in [0.5, 0.6) is 0 Å². The molecule has 0 amide bonds. The van der Waals surface area contributed by atoms with Gasteiger partial charge in [-0.15, -0.1) is 0 Å². The Balaban J connectivity index is 1.23. The zero-order valence-corrected chi connectivity index (χ0v) is 22.5. The average molecular weight is 451 g/mol. The smallest absolute Gasteiger partial charge is 0.0162 e. The van der Waals surface area contributed by atoms with Gasteiger partial charge in [0, 0.05) is 0 Å². The summed E-state index contributed by atoms with van der Waals surface area (Å²) in [6.45, 7) is 9.87. The van der Waals surface area contributed by atoms with E-state index >= 15 is 0 Å². The molecule has 4 rings (SSSR count). The van der Waals surface area contributed by atoms with Gasteiger partial charge in [-0.25, -0.2) is 0 Å². The van der Waals surface area contributed by atoms with Gasteiger partial charge in [-0.05, 0) is 123 Å². The second kappa shape index (κ2) is 12.3. The van der Waals surface area contributed by atoms with E-state index < -0.39 is 0 Å². The maximum Gasteiger partial charge on any atom is -0.0162 e. The Morgan fingerprint density at radius 2 is 1.15 bits per heavy atom. The molecule has 186 valence electrons. The molecule has 0 aliphatic heterocycles. The Hall–Kier alpha value is -0.780. The third-order valence-corrected chi connectivity index (χ3v) is 11.0. The van der Waals surface area contributed by atoms with Crippen molar-refractivity contribution in [3.63, 3.8) is 0 Å². The second-order valence-corrected chi connectivity index (χ2v) is 12.7. The average Bonchev–Trinajstić information content (AvgIpc) is 2.89. The Kier molecular flexibility index (Phi) is 9.41. The van der Waals surface area contributed by atoms with Crippen molar-refractivity contribution >= 4 is 0 Å². The van der Waals surface area contributed by atoms with Crippen molar-refractivity contribution in [3.05, 3.63) is 35.4 Å². The molecule has 0 N–H and O–H groups in total. The van der Waals surface area contributed by atoms with Crippen LogP contribution in [0.15, 0.2) is 24.3 Å². The van der Waals surface area contributed by atoms with Crippen LogP contribution in [-0.4, -0.2) is 0 Å². The molecule has 3 aliphatic carbocycles. The highest BCUT2D eigenvalue weighted by atomic mass is 14.4. The Morgan fingerprint density at radius 1 is 0.636 bits per heavy atom. The number of rotatable bonds is 8. The first-order valence-electron chi connectivity index (χ1n) is 15.2. The van der Waals surface area contributed by atoms with E-state index in [0.29, 0.717) is 0 Å². The van der Waals surface area contributed by atoms with Gasteiger partial charge in [0.1, 0.15) is 0 Å². The summed E-state index contributed by atoms with van der Waals surface area (Å²) in [4.78, 5) is 0. The van der Waals surface area contributed by atoms with Gasteiger partial charge in [0.2, 0.25) is 0 Å². The maximum atomic E-state index is 2.62. The molecule has 3 saturated carbocycles. The molecule has 33 heavy (non-hydrogen) atoms. The highest BCUT2D eigenvalue weighted by Gasteiger charge is 2.33. The molecule has 3 aliphatic rings. The molecule has 0 radical (unpaired) electrons. The van der Waals surface area contributed by atoms with E-state index in [4.69, 9.17) is 0 Å². The Morgan fingerprint density at radius 3 is 1.70 bits per heavy atom. The predicted octanol–water partition coefficient (Wildman–Crippen LogP) is 10.5. The largest absolute Gasteiger partial charge is 0.0654 e. The van der Waals surface area contributed by atoms with Gasteiger partial charge >= 0.3 is 0 Å². The third kappa shape index (κ3) is 6.46. The lowest BCUT2D eigenvalue weighted by Crippen LogP contribution is -2.29. The van der Waals surface area contributed by atoms with E-state index in [9.17, 15) is 0 Å². The maximum absolute atomic E-state index is 2.62. The SMILES string of the molecule is CCCC1CCC(C(C)C2CCC(C(C)c3ccc(C4CCC(CC)CC4)cc3)CC2)CC1. The first-order valence-corrected chi connectivity index (χ1v) is 15.2. The van der Waals surface area contributed by atoms with E-state index in [1.807, 2.05) is 0 Å². The molecule has 1 aromatic rings. The molecule has 2 atom stereocenters. The summed E-state index contributed by atoms with van der Waals surface area (Å²) >= 11 is 0. The van der Waals surface area contributed by atoms with Crippen LogP contribution in [-0.2, 0) is 0 Å². The number of benzene rings is 1. The number of hydrogen-bond donors (Lipinski definition) is 0. The lowest BCUT2D eigenvalue weighted by Gasteiger charge is -2.40. The van der Waals surface area contributed by atoms with Crippen molar-refractivity contribution in [1.82, 2.24) is 0 Å². The summed E-state index contributed by atoms with van der Waals surface area (Å²) in [5, 5.41) is 0. The molecule has 1 aromatic carbocycles. The van der Waals surface area contributed by atoms with E-state index in [0.717, 1.165) is 47.3 Å². The van der Waals surface area contributed by atoms with Crippen molar-refractivity contribution in [2.24, 2.45) is 35.5 Å². The molecular formula is C33H54. The van der Waals surface area contributed by atoms with Crippen LogP contribution in [0, 0.1) is 35.5 Å². The van der Waals surface area contributed by atoms with Crippen LogP contribution in [0.1, 0.15) is 147 Å². The standard InChI is InChI=1S/C33H54/c1-5-7-27-10-12-28(13-11-27)24(3)29-16-18-30(19-17-29)25(4)31-20-22-33(23-21-31)32-14-8-26(6-2)9-15-32/h20-30,32H,5-19H2,1-4H3. The van der Waals surface area contributed by atoms with Crippen molar-refractivity contribution in [1.29, 1.82) is 0 Å². The monoisotopic (exact) mass is 450 g/mol. The van der Waals surface area contributed by atoms with Crippen molar-refractivity contribution in [3.8, 4) is 0 Å². The van der Waals surface area contributed by atoms with Gasteiger partial charge in [0.25, 0.3) is 0 Å². The van der Waals surface area contributed by atoms with Crippen molar-refractivity contribution < 1.29 is 0 Å². The minimum absolute atomic E-state index is 0.732. The van der Waals surface area contributed by atoms with Crippen LogP contribution in [0.25, 0.3) is 0 Å². The molecule has 0 heterocycles. The van der Waals surface area contributed by atoms with E-state index in [1.165, 1.54) is 96.3 Å². The van der Waals surface area contributed by atoms with Gasteiger partial charge < -0.3 is 0 Å². The fraction of sp³-hybridized carbons (Fsp3) is 0.818. The molecule has 2 unspecified atom stereocenters. The molecule has 0 spiro atoms. The molecule has 0 nitrogen and oxygen atoms in total.